The molecule has 3 rings (SSSR count). The number of carbonyl (C=O) groups excluding carboxylic acids is 1. The quantitative estimate of drug-likeness (QED) is 0.774. The first kappa shape index (κ1) is 20.8. The van der Waals surface area contributed by atoms with Gasteiger partial charge in [-0.2, -0.15) is 4.31 Å². The molecule has 2 aromatic carbocycles. The van der Waals surface area contributed by atoms with Crippen molar-refractivity contribution in [2.24, 2.45) is 5.92 Å². The number of amides is 1. The van der Waals surface area contributed by atoms with Gasteiger partial charge >= 0.3 is 0 Å². The summed E-state index contributed by atoms with van der Waals surface area (Å²) in [5, 5.41) is 2.71. The SMILES string of the molecule is O=C(NCCc1ccccc1)C1CCN(S(=O)(=O)c2ccc(F)c(Cl)c2)CC1. The minimum atomic E-state index is -3.75. The zero-order chi connectivity index (χ0) is 20.1. The molecule has 28 heavy (non-hydrogen) atoms. The highest BCUT2D eigenvalue weighted by atomic mass is 35.5. The van der Waals surface area contributed by atoms with Crippen LogP contribution in [0, 0.1) is 11.7 Å². The first-order chi connectivity index (χ1) is 13.4. The van der Waals surface area contributed by atoms with Crippen LogP contribution in [0.5, 0.6) is 0 Å². The Morgan fingerprint density at radius 1 is 1.14 bits per heavy atom. The van der Waals surface area contributed by atoms with Crippen LogP contribution in [0.25, 0.3) is 0 Å². The van der Waals surface area contributed by atoms with E-state index in [9.17, 15) is 17.6 Å². The third-order valence-electron chi connectivity index (χ3n) is 4.91. The lowest BCUT2D eigenvalue weighted by Crippen LogP contribution is -2.43. The summed E-state index contributed by atoms with van der Waals surface area (Å²) in [6.07, 6.45) is 1.65. The van der Waals surface area contributed by atoms with E-state index >= 15 is 0 Å². The Hall–Kier alpha value is -1.96. The van der Waals surface area contributed by atoms with E-state index in [1.54, 1.807) is 0 Å². The number of carbonyl (C=O) groups is 1. The van der Waals surface area contributed by atoms with Gasteiger partial charge in [-0.25, -0.2) is 12.8 Å². The molecule has 0 saturated carbocycles. The Morgan fingerprint density at radius 3 is 2.46 bits per heavy atom. The van der Waals surface area contributed by atoms with E-state index < -0.39 is 15.8 Å². The number of sulfonamides is 1. The predicted octanol–water partition coefficient (Wildman–Crippen LogP) is 3.24. The van der Waals surface area contributed by atoms with Gasteiger partial charge in [0.1, 0.15) is 5.82 Å². The molecule has 1 aliphatic rings. The average molecular weight is 425 g/mol. The van der Waals surface area contributed by atoms with Gasteiger partial charge in [-0.15, -0.1) is 0 Å². The van der Waals surface area contributed by atoms with Gasteiger partial charge in [0.2, 0.25) is 15.9 Å². The summed E-state index contributed by atoms with van der Waals surface area (Å²) in [6, 6.07) is 13.3. The number of piperidine rings is 1. The minimum Gasteiger partial charge on any atom is -0.356 e. The predicted molar refractivity (Wildman–Crippen MR) is 106 cm³/mol. The topological polar surface area (TPSA) is 66.5 Å². The Labute approximate surface area is 169 Å². The first-order valence-electron chi connectivity index (χ1n) is 9.15. The van der Waals surface area contributed by atoms with Crippen molar-refractivity contribution in [3.05, 3.63) is 64.9 Å². The molecule has 2 aromatic rings. The smallest absolute Gasteiger partial charge is 0.243 e. The van der Waals surface area contributed by atoms with E-state index in [-0.39, 0.29) is 34.8 Å². The van der Waals surface area contributed by atoms with Crippen molar-refractivity contribution in [3.8, 4) is 0 Å². The van der Waals surface area contributed by atoms with Gasteiger partial charge in [0.15, 0.2) is 0 Å². The Bertz CT molecular complexity index is 930. The Kier molecular flexibility index (Phi) is 6.69. The molecule has 1 N–H and O–H groups in total. The molecule has 1 aliphatic heterocycles. The molecule has 0 aliphatic carbocycles. The van der Waals surface area contributed by atoms with Crippen LogP contribution in [0.3, 0.4) is 0 Å². The summed E-state index contributed by atoms with van der Waals surface area (Å²) >= 11 is 5.71. The lowest BCUT2D eigenvalue weighted by molar-refractivity contribution is -0.126. The zero-order valence-corrected chi connectivity index (χ0v) is 16.8. The summed E-state index contributed by atoms with van der Waals surface area (Å²) in [6.45, 7) is 1.04. The van der Waals surface area contributed by atoms with Crippen molar-refractivity contribution in [1.82, 2.24) is 9.62 Å². The summed E-state index contributed by atoms with van der Waals surface area (Å²) < 4.78 is 40.0. The fourth-order valence-corrected chi connectivity index (χ4v) is 5.01. The lowest BCUT2D eigenvalue weighted by Gasteiger charge is -2.30. The van der Waals surface area contributed by atoms with Crippen LogP contribution in [0.1, 0.15) is 18.4 Å². The van der Waals surface area contributed by atoms with Crippen molar-refractivity contribution < 1.29 is 17.6 Å². The summed E-state index contributed by atoms with van der Waals surface area (Å²) in [5.74, 6) is -0.914. The van der Waals surface area contributed by atoms with E-state index in [0.29, 0.717) is 19.4 Å². The van der Waals surface area contributed by atoms with Crippen LogP contribution in [-0.4, -0.2) is 38.3 Å². The maximum Gasteiger partial charge on any atom is 0.243 e. The van der Waals surface area contributed by atoms with Crippen molar-refractivity contribution in [2.45, 2.75) is 24.2 Å². The number of hydrogen-bond acceptors (Lipinski definition) is 3. The van der Waals surface area contributed by atoms with Crippen LogP contribution < -0.4 is 5.32 Å². The second-order valence-corrected chi connectivity index (χ2v) is 9.13. The van der Waals surface area contributed by atoms with Crippen molar-refractivity contribution in [2.75, 3.05) is 19.6 Å². The highest BCUT2D eigenvalue weighted by Crippen LogP contribution is 2.26. The maximum atomic E-state index is 13.3. The number of nitrogens with zero attached hydrogens (tertiary/aromatic N) is 1. The number of halogens is 2. The van der Waals surface area contributed by atoms with Crippen LogP contribution in [-0.2, 0) is 21.2 Å². The molecular weight excluding hydrogens is 403 g/mol. The van der Waals surface area contributed by atoms with E-state index in [1.807, 2.05) is 30.3 Å². The van der Waals surface area contributed by atoms with E-state index in [2.05, 4.69) is 5.32 Å². The van der Waals surface area contributed by atoms with Gasteiger partial charge in [-0.05, 0) is 43.0 Å². The van der Waals surface area contributed by atoms with Gasteiger partial charge in [-0.1, -0.05) is 41.9 Å². The maximum absolute atomic E-state index is 13.3. The fourth-order valence-electron chi connectivity index (χ4n) is 3.26. The number of rotatable bonds is 6. The van der Waals surface area contributed by atoms with Crippen LogP contribution in [0.2, 0.25) is 5.02 Å². The third-order valence-corrected chi connectivity index (χ3v) is 7.09. The first-order valence-corrected chi connectivity index (χ1v) is 11.0. The Balaban J connectivity index is 1.52. The second kappa shape index (κ2) is 9.03. The summed E-state index contributed by atoms with van der Waals surface area (Å²) in [5.41, 5.74) is 1.15. The van der Waals surface area contributed by atoms with Gasteiger partial charge < -0.3 is 5.32 Å². The summed E-state index contributed by atoms with van der Waals surface area (Å²) in [4.78, 5) is 12.3. The van der Waals surface area contributed by atoms with Crippen LogP contribution in [0.15, 0.2) is 53.4 Å². The van der Waals surface area contributed by atoms with E-state index in [4.69, 9.17) is 11.6 Å². The fraction of sp³-hybridized carbons (Fsp3) is 0.350. The van der Waals surface area contributed by atoms with E-state index in [0.717, 1.165) is 24.1 Å². The molecule has 0 aromatic heterocycles. The monoisotopic (exact) mass is 424 g/mol. The molecule has 150 valence electrons. The van der Waals surface area contributed by atoms with Crippen molar-refractivity contribution >= 4 is 27.5 Å². The molecule has 0 atom stereocenters. The molecular formula is C20H22ClFN2O3S. The molecule has 1 heterocycles. The number of benzene rings is 2. The standard InChI is InChI=1S/C20H22ClFN2O3S/c21-18-14-17(6-7-19(18)22)28(26,27)24-12-9-16(10-13-24)20(25)23-11-8-15-4-2-1-3-5-15/h1-7,14,16H,8-13H2,(H,23,25). The highest BCUT2D eigenvalue weighted by Gasteiger charge is 2.32. The summed E-state index contributed by atoms with van der Waals surface area (Å²) in [7, 11) is -3.75. The van der Waals surface area contributed by atoms with Gasteiger partial charge in [0.05, 0.1) is 9.92 Å². The molecule has 1 saturated heterocycles. The van der Waals surface area contributed by atoms with Crippen LogP contribution >= 0.6 is 11.6 Å². The lowest BCUT2D eigenvalue weighted by atomic mass is 9.97. The van der Waals surface area contributed by atoms with Crippen LogP contribution in [0.4, 0.5) is 4.39 Å². The van der Waals surface area contributed by atoms with Crippen molar-refractivity contribution in [1.29, 1.82) is 0 Å². The van der Waals surface area contributed by atoms with Gasteiger partial charge in [-0.3, -0.25) is 4.79 Å². The molecule has 5 nitrogen and oxygen atoms in total. The van der Waals surface area contributed by atoms with Gasteiger partial charge in [0.25, 0.3) is 0 Å². The van der Waals surface area contributed by atoms with E-state index in [1.165, 1.54) is 10.4 Å². The molecule has 0 bridgehead atoms. The second-order valence-electron chi connectivity index (χ2n) is 6.78. The average Bonchev–Trinajstić information content (AvgIpc) is 2.71. The molecule has 0 spiro atoms. The normalized spacial score (nSPS) is 16.1. The number of hydrogen-bond donors (Lipinski definition) is 1. The van der Waals surface area contributed by atoms with Gasteiger partial charge in [0, 0.05) is 25.6 Å². The third kappa shape index (κ3) is 4.90. The molecule has 1 fully saturated rings. The molecule has 1 amide bonds. The minimum absolute atomic E-state index is 0.0373. The largest absolute Gasteiger partial charge is 0.356 e. The zero-order valence-electron chi connectivity index (χ0n) is 15.3. The number of nitrogens with one attached hydrogen (secondary N) is 1. The Morgan fingerprint density at radius 2 is 1.82 bits per heavy atom. The molecule has 8 heteroatoms. The highest BCUT2D eigenvalue weighted by molar-refractivity contribution is 7.89. The molecule has 0 radical (unpaired) electrons. The molecule has 0 unspecified atom stereocenters. The van der Waals surface area contributed by atoms with Crippen molar-refractivity contribution in [3.63, 3.8) is 0 Å².